The highest BCUT2D eigenvalue weighted by Crippen LogP contribution is 2.26. The van der Waals surface area contributed by atoms with Crippen molar-refractivity contribution in [2.75, 3.05) is 31.1 Å². The van der Waals surface area contributed by atoms with E-state index in [1.54, 1.807) is 74.6 Å². The van der Waals surface area contributed by atoms with Crippen molar-refractivity contribution in [3.05, 3.63) is 120 Å². The highest BCUT2D eigenvalue weighted by atomic mass is 33.1. The highest BCUT2D eigenvalue weighted by molar-refractivity contribution is 8.76. The number of carbonyl (C=O) groups excluding carboxylic acids is 14. The van der Waals surface area contributed by atoms with Crippen molar-refractivity contribution < 1.29 is 97.1 Å². The Morgan fingerprint density at radius 2 is 1.26 bits per heavy atom. The molecule has 3 saturated heterocycles. The number of nitrogens with one attached hydrogen (secondary N) is 15. The number of amides is 14. The summed E-state index contributed by atoms with van der Waals surface area (Å²) in [7, 11) is 1.69. The molecule has 0 aliphatic carbocycles. The molecule has 0 saturated carbocycles. The standard InChI is InChI=1S/C77H102N18O20S2/c1-5-40(2)63(77(114)115)94-73(110)58-38-117-116-37-57(72(109)88-53(30-43-14-7-6-8-15-43)69(106)89-55(32-45-34-80-49-17-10-9-16-48(45)49)71(108)85-50(18-11-12-28-78)66(103)87-54(70(107)92-58)31-44-20-22-47(97)23-21-44)91-68(105)52(25-27-62(100)101)86-74(111)59-19-13-29-95(59)76(113)41(3)83-75(112)64(42(4)96)93-61(99)36-81-65(102)56(33-46-35-79-39-82-46)90-67(104)51-24-26-60(98)84-51/h6-10,14-17,20-23,34-35,39-42,50-59,63-64,80,96-97H,5,11-13,18-19,24-33,36-38,78H2,1-4H3,(H,79,82)(H,81,102)(H,83,112)(H,84,98)(H,85,108)(H,86,111)(H,87,103)(H,88,109)(H,89,106)(H,90,104)(H,91,105)(H,92,107)(H,93,99)(H,94,110)(H,100,101)(H,114,115)/t40-,41-,42+,50-,51-,52-,53+,54-,55-,56-,57-,58-,59-,63-,64-/m0/s1. The number of nitrogens with zero attached hydrogens (tertiary/aromatic N) is 2. The Bertz CT molecular complexity index is 4350. The number of H-pyrrole nitrogens is 2. The molecule has 3 fully saturated rings. The Balaban J connectivity index is 1.06. The molecular weight excluding hydrogens is 1560 g/mol. The first-order valence-corrected chi connectivity index (χ1v) is 41.0. The number of phenols is 1. The third-order valence-corrected chi connectivity index (χ3v) is 22.5. The number of benzene rings is 3. The molecule has 5 heterocycles. The van der Waals surface area contributed by atoms with E-state index in [2.05, 4.69) is 84.1 Å². The van der Waals surface area contributed by atoms with Crippen molar-refractivity contribution in [3.8, 4) is 5.75 Å². The lowest BCUT2D eigenvalue weighted by atomic mass is 9.99. The summed E-state index contributed by atoms with van der Waals surface area (Å²) in [6.07, 6.45) is 1.86. The Kier molecular flexibility index (Phi) is 34.5. The zero-order valence-corrected chi connectivity index (χ0v) is 66.6. The van der Waals surface area contributed by atoms with Crippen molar-refractivity contribution in [2.45, 2.75) is 202 Å². The molecule has 21 N–H and O–H groups in total. The Hall–Kier alpha value is -11.7. The van der Waals surface area contributed by atoms with Gasteiger partial charge in [0.15, 0.2) is 0 Å². The van der Waals surface area contributed by atoms with Gasteiger partial charge >= 0.3 is 11.9 Å². The fraction of sp³-hybridized carbons (Fsp3) is 0.494. The van der Waals surface area contributed by atoms with Crippen LogP contribution >= 0.6 is 21.6 Å². The zero-order valence-electron chi connectivity index (χ0n) is 64.9. The van der Waals surface area contributed by atoms with E-state index < -0.39 is 210 Å². The van der Waals surface area contributed by atoms with Crippen LogP contribution in [0.25, 0.3) is 10.9 Å². The molecule has 15 atom stereocenters. The summed E-state index contributed by atoms with van der Waals surface area (Å²) in [5.74, 6) is -17.1. The first-order valence-electron chi connectivity index (χ1n) is 38.5. The normalized spacial score (nSPS) is 21.5. The first kappa shape index (κ1) is 90.9. The van der Waals surface area contributed by atoms with Crippen molar-refractivity contribution in [1.82, 2.24) is 89.0 Å². The quantitative estimate of drug-likeness (QED) is 0.0150. The third kappa shape index (κ3) is 27.2. The summed E-state index contributed by atoms with van der Waals surface area (Å²) in [4.78, 5) is 236. The van der Waals surface area contributed by atoms with Crippen LogP contribution in [0.1, 0.15) is 114 Å². The number of aliphatic hydroxyl groups excluding tert-OH is 1. The van der Waals surface area contributed by atoms with Crippen LogP contribution in [-0.2, 0) is 102 Å². The molecule has 632 valence electrons. The molecule has 38 nitrogen and oxygen atoms in total. The van der Waals surface area contributed by atoms with Crippen LogP contribution in [0.2, 0.25) is 0 Å². The van der Waals surface area contributed by atoms with Crippen molar-refractivity contribution in [1.29, 1.82) is 0 Å². The Labute approximate surface area is 680 Å². The molecule has 8 rings (SSSR count). The topological polar surface area (TPSA) is 584 Å². The number of fused-ring (bicyclic) bond motifs is 1. The molecule has 40 heteroatoms. The lowest BCUT2D eigenvalue weighted by molar-refractivity contribution is -0.143. The summed E-state index contributed by atoms with van der Waals surface area (Å²) in [5.41, 5.74) is 8.46. The number of imidazole rings is 1. The number of carbonyl (C=O) groups is 16. The van der Waals surface area contributed by atoms with Crippen LogP contribution < -0.4 is 74.9 Å². The summed E-state index contributed by atoms with van der Waals surface area (Å²) in [6, 6.07) is 1.57. The van der Waals surface area contributed by atoms with Crippen molar-refractivity contribution in [3.63, 3.8) is 0 Å². The second-order valence-electron chi connectivity index (χ2n) is 29.0. The van der Waals surface area contributed by atoms with E-state index in [0.29, 0.717) is 39.7 Å². The number of phenolic OH excluding ortho intramolecular Hbond substituents is 1. The second kappa shape index (κ2) is 44.5. The molecule has 0 bridgehead atoms. The number of aromatic amines is 2. The van der Waals surface area contributed by atoms with Gasteiger partial charge in [-0.2, -0.15) is 0 Å². The molecule has 3 aliphatic rings. The van der Waals surface area contributed by atoms with Gasteiger partial charge in [0.1, 0.15) is 84.3 Å². The van der Waals surface area contributed by atoms with E-state index in [1.807, 2.05) is 0 Å². The highest BCUT2D eigenvalue weighted by Gasteiger charge is 2.42. The number of hydrogen-bond acceptors (Lipinski definition) is 22. The van der Waals surface area contributed by atoms with Gasteiger partial charge in [0.25, 0.3) is 0 Å². The molecule has 2 aromatic heterocycles. The van der Waals surface area contributed by atoms with Crippen LogP contribution in [0.3, 0.4) is 0 Å². The summed E-state index contributed by atoms with van der Waals surface area (Å²) in [5, 5.41) is 75.6. The van der Waals surface area contributed by atoms with E-state index in [1.165, 1.54) is 43.7 Å². The number of aliphatic hydroxyl groups is 1. The number of carboxylic acid groups (broad SMARTS) is 2. The lowest BCUT2D eigenvalue weighted by Crippen LogP contribution is -2.61. The monoisotopic (exact) mass is 1660 g/mol. The number of carboxylic acids is 2. The molecule has 5 aromatic rings. The summed E-state index contributed by atoms with van der Waals surface area (Å²) in [6.45, 7) is 5.03. The van der Waals surface area contributed by atoms with Gasteiger partial charge in [-0.25, -0.2) is 9.78 Å². The predicted octanol–water partition coefficient (Wildman–Crippen LogP) is -2.49. The Morgan fingerprint density at radius 1 is 0.632 bits per heavy atom. The maximum Gasteiger partial charge on any atom is 0.326 e. The van der Waals surface area contributed by atoms with E-state index >= 15 is 19.2 Å². The number of aromatic nitrogens is 3. The number of aliphatic carboxylic acids is 2. The molecule has 117 heavy (non-hydrogen) atoms. The van der Waals surface area contributed by atoms with Crippen LogP contribution in [0, 0.1) is 5.92 Å². The second-order valence-corrected chi connectivity index (χ2v) is 31.5. The van der Waals surface area contributed by atoms with Crippen molar-refractivity contribution >= 4 is 127 Å². The number of hydrogen-bond donors (Lipinski definition) is 20. The molecule has 0 unspecified atom stereocenters. The first-order chi connectivity index (χ1) is 55.9. The van der Waals surface area contributed by atoms with E-state index in [4.69, 9.17) is 5.73 Å². The minimum atomic E-state index is -1.80. The van der Waals surface area contributed by atoms with E-state index in [9.17, 15) is 78.0 Å². The molecule has 14 amide bonds. The lowest BCUT2D eigenvalue weighted by Gasteiger charge is -2.30. The minimum absolute atomic E-state index is 0.0294. The van der Waals surface area contributed by atoms with Crippen LogP contribution in [0.4, 0.5) is 0 Å². The third-order valence-electron chi connectivity index (χ3n) is 20.1. The molecule has 3 aromatic carbocycles. The zero-order chi connectivity index (χ0) is 85.0. The summed E-state index contributed by atoms with van der Waals surface area (Å²) >= 11 is 0. The predicted molar refractivity (Wildman–Crippen MR) is 426 cm³/mol. The van der Waals surface area contributed by atoms with Crippen LogP contribution in [-0.4, -0.2) is 251 Å². The number of nitrogens with two attached hydrogens (primary N) is 1. The SMILES string of the molecule is CC[C@H](C)[C@H](NC(=O)[C@@H]1CSSC[C@H](NC(=O)[C@H](CCC(=O)O)NC(=O)[C@@H]2CCCN2C(=O)[C@H](C)NC(=O)[C@@H](NC(=O)CNC(=O)[C@H](Cc2cnc[nH]2)NC(=O)[C@@H]2CCC(=O)N2)[C@@H](C)O)C(=O)N[C@H](Cc2ccccc2)C(=O)N[C@@H](Cc2c[nH]c3ccccc23)C(=O)N[C@@H](CCCCN)C(=O)N[C@@H](Cc2ccc(O)cc2)C(=O)N1)C(=O)O. The van der Waals surface area contributed by atoms with Gasteiger partial charge in [0, 0.05) is 85.6 Å². The van der Waals surface area contributed by atoms with Gasteiger partial charge in [-0.15, -0.1) is 0 Å². The average molecular weight is 1660 g/mol. The van der Waals surface area contributed by atoms with Crippen LogP contribution in [0.15, 0.2) is 97.6 Å². The largest absolute Gasteiger partial charge is 0.508 e. The maximum absolute atomic E-state index is 15.3. The minimum Gasteiger partial charge on any atom is -0.508 e. The van der Waals surface area contributed by atoms with Crippen molar-refractivity contribution in [2.24, 2.45) is 11.7 Å². The number of likely N-dealkylation sites (tertiary alicyclic amines) is 1. The van der Waals surface area contributed by atoms with Gasteiger partial charge in [-0.05, 0) is 106 Å². The average Bonchev–Trinajstić information content (AvgIpc) is 1.72. The fourth-order valence-electron chi connectivity index (χ4n) is 13.3. The van der Waals surface area contributed by atoms with Gasteiger partial charge in [0.05, 0.1) is 19.0 Å². The van der Waals surface area contributed by atoms with Gasteiger partial charge in [0.2, 0.25) is 82.7 Å². The smallest absolute Gasteiger partial charge is 0.326 e. The molecule has 0 radical (unpaired) electrons. The molecular formula is C77H102N18O20S2. The summed E-state index contributed by atoms with van der Waals surface area (Å²) < 4.78 is 0. The Morgan fingerprint density at radius 3 is 1.90 bits per heavy atom. The number of rotatable bonds is 34. The number of aromatic hydroxyl groups is 1. The van der Waals surface area contributed by atoms with Gasteiger partial charge in [-0.1, -0.05) is 103 Å². The van der Waals surface area contributed by atoms with Crippen LogP contribution in [0.5, 0.6) is 5.75 Å². The maximum atomic E-state index is 15.3. The fourth-order valence-corrected chi connectivity index (χ4v) is 15.7. The van der Waals surface area contributed by atoms with E-state index in [0.717, 1.165) is 33.4 Å². The number of unbranched alkanes of at least 4 members (excludes halogenated alkanes) is 1. The van der Waals surface area contributed by atoms with Gasteiger partial charge in [-0.3, -0.25) is 71.9 Å². The molecule has 0 spiro atoms. The van der Waals surface area contributed by atoms with E-state index in [-0.39, 0.29) is 95.4 Å². The number of para-hydroxylation sites is 1. The van der Waals surface area contributed by atoms with Gasteiger partial charge < -0.3 is 110 Å². The molecule has 3 aliphatic heterocycles.